The lowest BCUT2D eigenvalue weighted by Gasteiger charge is -2.03. The van der Waals surface area contributed by atoms with Crippen molar-refractivity contribution >= 4 is 10.1 Å². The Bertz CT molecular complexity index is 626. The van der Waals surface area contributed by atoms with Crippen LogP contribution in [-0.2, 0) is 16.5 Å². The summed E-state index contributed by atoms with van der Waals surface area (Å²) < 4.78 is 30.7. The van der Waals surface area contributed by atoms with E-state index in [0.717, 1.165) is 12.0 Å². The number of hydrogen-bond donors (Lipinski definition) is 1. The van der Waals surface area contributed by atoms with Gasteiger partial charge in [-0.3, -0.25) is 4.55 Å². The third-order valence-electron chi connectivity index (χ3n) is 2.75. The van der Waals surface area contributed by atoms with E-state index in [1.54, 1.807) is 12.1 Å². The highest BCUT2D eigenvalue weighted by Gasteiger charge is 2.08. The summed E-state index contributed by atoms with van der Waals surface area (Å²) in [4.78, 5) is -0.0739. The molecule has 0 bridgehead atoms. The summed E-state index contributed by atoms with van der Waals surface area (Å²) in [5.74, 6) is 0. The molecule has 0 atom stereocenters. The Labute approximate surface area is 107 Å². The van der Waals surface area contributed by atoms with E-state index >= 15 is 0 Å². The molecule has 0 aromatic heterocycles. The Balaban J connectivity index is 2.18. The van der Waals surface area contributed by atoms with Crippen LogP contribution in [-0.4, -0.2) is 13.0 Å². The van der Waals surface area contributed by atoms with Crippen molar-refractivity contribution in [1.29, 1.82) is 0 Å². The van der Waals surface area contributed by atoms with Gasteiger partial charge in [0.1, 0.15) is 0 Å². The zero-order valence-electron chi connectivity index (χ0n) is 10.00. The maximum Gasteiger partial charge on any atom is 0.294 e. The van der Waals surface area contributed by atoms with Crippen molar-refractivity contribution in [3.63, 3.8) is 0 Å². The molecular weight excluding hydrogens is 248 g/mol. The third-order valence-corrected chi connectivity index (χ3v) is 3.62. The van der Waals surface area contributed by atoms with Crippen molar-refractivity contribution < 1.29 is 13.0 Å². The number of hydrogen-bond acceptors (Lipinski definition) is 2. The van der Waals surface area contributed by atoms with Crippen LogP contribution < -0.4 is 0 Å². The number of rotatable bonds is 3. The van der Waals surface area contributed by atoms with Gasteiger partial charge in [0.15, 0.2) is 0 Å². The normalized spacial score (nSPS) is 11.4. The molecule has 2 aromatic rings. The first-order valence-electron chi connectivity index (χ1n) is 5.57. The molecule has 3 nitrogen and oxygen atoms in total. The molecule has 1 N–H and O–H groups in total. The topological polar surface area (TPSA) is 54.4 Å². The van der Waals surface area contributed by atoms with Crippen molar-refractivity contribution in [1.82, 2.24) is 0 Å². The van der Waals surface area contributed by atoms with Crippen molar-refractivity contribution in [2.45, 2.75) is 18.2 Å². The molecule has 0 aliphatic heterocycles. The van der Waals surface area contributed by atoms with Crippen LogP contribution in [0.25, 0.3) is 0 Å². The first kappa shape index (κ1) is 12.8. The highest BCUT2D eigenvalue weighted by molar-refractivity contribution is 7.85. The zero-order valence-corrected chi connectivity index (χ0v) is 10.8. The van der Waals surface area contributed by atoms with Crippen LogP contribution >= 0.6 is 0 Å². The predicted molar refractivity (Wildman–Crippen MR) is 70.2 cm³/mol. The molecule has 0 saturated heterocycles. The van der Waals surface area contributed by atoms with Crippen LogP contribution in [0.2, 0.25) is 0 Å². The Kier molecular flexibility index (Phi) is 3.50. The Morgan fingerprint density at radius 3 is 1.78 bits per heavy atom. The molecule has 0 fully saturated rings. The van der Waals surface area contributed by atoms with Gasteiger partial charge in [-0.05, 0) is 36.6 Å². The highest BCUT2D eigenvalue weighted by Crippen LogP contribution is 2.14. The van der Waals surface area contributed by atoms with Gasteiger partial charge in [-0.1, -0.05) is 42.0 Å². The summed E-state index contributed by atoms with van der Waals surface area (Å²) in [5.41, 5.74) is 3.38. The second-order valence-corrected chi connectivity index (χ2v) is 5.70. The molecule has 4 heteroatoms. The average Bonchev–Trinajstić information content (AvgIpc) is 2.32. The Hall–Kier alpha value is -1.65. The fourth-order valence-corrected chi connectivity index (χ4v) is 2.20. The summed E-state index contributed by atoms with van der Waals surface area (Å²) in [6.45, 7) is 2.03. The number of benzene rings is 2. The fourth-order valence-electron chi connectivity index (χ4n) is 1.72. The zero-order chi connectivity index (χ0) is 13.2. The molecule has 0 amide bonds. The van der Waals surface area contributed by atoms with E-state index in [1.807, 2.05) is 31.2 Å². The van der Waals surface area contributed by atoms with Crippen LogP contribution in [0.5, 0.6) is 0 Å². The third kappa shape index (κ3) is 3.18. The first-order valence-corrected chi connectivity index (χ1v) is 7.01. The van der Waals surface area contributed by atoms with Crippen molar-refractivity contribution in [3.05, 3.63) is 65.2 Å². The van der Waals surface area contributed by atoms with E-state index in [9.17, 15) is 8.42 Å². The van der Waals surface area contributed by atoms with Gasteiger partial charge in [0.25, 0.3) is 10.1 Å². The molecule has 0 spiro atoms. The van der Waals surface area contributed by atoms with E-state index in [1.165, 1.54) is 23.3 Å². The Morgan fingerprint density at radius 1 is 0.889 bits per heavy atom. The van der Waals surface area contributed by atoms with Crippen molar-refractivity contribution in [3.8, 4) is 0 Å². The van der Waals surface area contributed by atoms with Gasteiger partial charge in [-0.15, -0.1) is 0 Å². The SMILES string of the molecule is Cc1ccc(Cc2ccc(S(=O)(=O)O)cc2)cc1. The molecule has 0 saturated carbocycles. The molecule has 0 aliphatic rings. The van der Waals surface area contributed by atoms with Crippen LogP contribution in [0.3, 0.4) is 0 Å². The lowest BCUT2D eigenvalue weighted by atomic mass is 10.0. The maximum atomic E-state index is 10.9. The molecule has 18 heavy (non-hydrogen) atoms. The molecule has 0 heterocycles. The minimum absolute atomic E-state index is 0.0739. The molecular formula is C14H14O3S. The molecule has 2 aromatic carbocycles. The van der Waals surface area contributed by atoms with Crippen LogP contribution in [0.15, 0.2) is 53.4 Å². The second kappa shape index (κ2) is 4.92. The summed E-state index contributed by atoms with van der Waals surface area (Å²) in [5, 5.41) is 0. The summed E-state index contributed by atoms with van der Waals surface area (Å²) in [6, 6.07) is 14.4. The second-order valence-electron chi connectivity index (χ2n) is 4.28. The van der Waals surface area contributed by atoms with E-state index in [2.05, 4.69) is 0 Å². The standard InChI is InChI=1S/C14H14O3S/c1-11-2-4-12(5-3-11)10-13-6-8-14(9-7-13)18(15,16)17/h2-9H,10H2,1H3,(H,15,16,17). The summed E-state index contributed by atoms with van der Waals surface area (Å²) >= 11 is 0. The number of aryl methyl sites for hydroxylation is 1. The maximum absolute atomic E-state index is 10.9. The van der Waals surface area contributed by atoms with Crippen molar-refractivity contribution in [2.75, 3.05) is 0 Å². The van der Waals surface area contributed by atoms with Gasteiger partial charge in [0.2, 0.25) is 0 Å². The van der Waals surface area contributed by atoms with Gasteiger partial charge < -0.3 is 0 Å². The smallest absolute Gasteiger partial charge is 0.282 e. The van der Waals surface area contributed by atoms with Gasteiger partial charge in [0.05, 0.1) is 4.90 Å². The fraction of sp³-hybridized carbons (Fsp3) is 0.143. The van der Waals surface area contributed by atoms with E-state index in [0.29, 0.717) is 0 Å². The Morgan fingerprint density at radius 2 is 1.33 bits per heavy atom. The lowest BCUT2D eigenvalue weighted by Crippen LogP contribution is -1.98. The minimum Gasteiger partial charge on any atom is -0.282 e. The highest BCUT2D eigenvalue weighted by atomic mass is 32.2. The van der Waals surface area contributed by atoms with E-state index < -0.39 is 10.1 Å². The molecule has 0 aliphatic carbocycles. The van der Waals surface area contributed by atoms with E-state index in [4.69, 9.17) is 4.55 Å². The average molecular weight is 262 g/mol. The lowest BCUT2D eigenvalue weighted by molar-refractivity contribution is 0.483. The predicted octanol–water partition coefficient (Wildman–Crippen LogP) is 2.83. The van der Waals surface area contributed by atoms with Crippen LogP contribution in [0, 0.1) is 6.92 Å². The van der Waals surface area contributed by atoms with Gasteiger partial charge in [-0.25, -0.2) is 0 Å². The van der Waals surface area contributed by atoms with Gasteiger partial charge >= 0.3 is 0 Å². The molecule has 2 rings (SSSR count). The minimum atomic E-state index is -4.10. The summed E-state index contributed by atoms with van der Waals surface area (Å²) in [6.07, 6.45) is 0.742. The molecule has 0 unspecified atom stereocenters. The van der Waals surface area contributed by atoms with Crippen LogP contribution in [0.1, 0.15) is 16.7 Å². The molecule has 0 radical (unpaired) electrons. The quantitative estimate of drug-likeness (QED) is 0.865. The first-order chi connectivity index (χ1) is 8.45. The summed E-state index contributed by atoms with van der Waals surface area (Å²) in [7, 11) is -4.10. The largest absolute Gasteiger partial charge is 0.294 e. The van der Waals surface area contributed by atoms with Gasteiger partial charge in [-0.2, -0.15) is 8.42 Å². The van der Waals surface area contributed by atoms with E-state index in [-0.39, 0.29) is 4.90 Å². The van der Waals surface area contributed by atoms with Crippen LogP contribution in [0.4, 0.5) is 0 Å². The monoisotopic (exact) mass is 262 g/mol. The van der Waals surface area contributed by atoms with Crippen molar-refractivity contribution in [2.24, 2.45) is 0 Å². The molecule has 94 valence electrons. The van der Waals surface area contributed by atoms with Gasteiger partial charge in [0, 0.05) is 0 Å².